The summed E-state index contributed by atoms with van der Waals surface area (Å²) in [5.41, 5.74) is 0. The summed E-state index contributed by atoms with van der Waals surface area (Å²) in [6, 6.07) is 0. The van der Waals surface area contributed by atoms with Crippen LogP contribution in [-0.4, -0.2) is 36.4 Å². The first-order chi connectivity index (χ1) is 42.6. The van der Waals surface area contributed by atoms with Crippen molar-refractivity contribution < 1.29 is 24.2 Å². The molecule has 0 aromatic rings. The number of hydrogen-bond donors (Lipinski definition) is 1. The van der Waals surface area contributed by atoms with Crippen molar-refractivity contribution in [1.82, 2.24) is 0 Å². The highest BCUT2D eigenvalue weighted by Crippen LogP contribution is 2.17. The predicted octanol–water partition coefficient (Wildman–Crippen LogP) is 25.4. The number of carbonyl (C=O) groups is 2. The van der Waals surface area contributed by atoms with E-state index in [4.69, 9.17) is 9.47 Å². The van der Waals surface area contributed by atoms with Crippen LogP contribution in [0.2, 0.25) is 0 Å². The first-order valence-electron chi connectivity index (χ1n) is 36.0. The third-order valence-electron chi connectivity index (χ3n) is 15.3. The highest BCUT2D eigenvalue weighted by molar-refractivity contribution is 5.70. The quantitative estimate of drug-likeness (QED) is 0.0373. The third kappa shape index (κ3) is 72.0. The highest BCUT2D eigenvalue weighted by atomic mass is 16.6. The smallest absolute Gasteiger partial charge is 0.306 e. The van der Waals surface area contributed by atoms with Crippen molar-refractivity contribution in [3.63, 3.8) is 0 Å². The van der Waals surface area contributed by atoms with E-state index in [1.165, 1.54) is 167 Å². The molecule has 1 N–H and O–H groups in total. The number of unbranched alkanes of at least 4 members (excludes halogenated alkanes) is 31. The molecule has 1 atom stereocenters. The molecular weight excluding hydrogens is 1050 g/mol. The molecule has 0 aliphatic heterocycles. The Morgan fingerprint density at radius 3 is 0.698 bits per heavy atom. The van der Waals surface area contributed by atoms with Gasteiger partial charge < -0.3 is 14.6 Å². The lowest BCUT2D eigenvalue weighted by Crippen LogP contribution is -2.28. The maximum absolute atomic E-state index is 12.4. The zero-order valence-electron chi connectivity index (χ0n) is 56.0. The molecule has 0 bridgehead atoms. The molecule has 0 aliphatic carbocycles. The second-order valence-corrected chi connectivity index (χ2v) is 23.6. The molecule has 0 aromatic heterocycles. The van der Waals surface area contributed by atoms with Crippen molar-refractivity contribution in [3.8, 4) is 0 Å². The van der Waals surface area contributed by atoms with Crippen molar-refractivity contribution in [3.05, 3.63) is 158 Å². The lowest BCUT2D eigenvalue weighted by Gasteiger charge is -2.15. The molecule has 0 amide bonds. The fourth-order valence-electron chi connectivity index (χ4n) is 10.0. The third-order valence-corrected chi connectivity index (χ3v) is 15.3. The van der Waals surface area contributed by atoms with Crippen molar-refractivity contribution in [2.75, 3.05) is 13.2 Å². The number of ether oxygens (including phenoxy) is 2. The lowest BCUT2D eigenvalue weighted by atomic mass is 10.0. The minimum Gasteiger partial charge on any atom is -0.462 e. The van der Waals surface area contributed by atoms with Gasteiger partial charge in [-0.25, -0.2) is 0 Å². The maximum atomic E-state index is 12.4. The van der Waals surface area contributed by atoms with Gasteiger partial charge >= 0.3 is 11.9 Å². The fourth-order valence-corrected chi connectivity index (χ4v) is 10.0. The summed E-state index contributed by atoms with van der Waals surface area (Å²) in [6.45, 7) is 3.92. The summed E-state index contributed by atoms with van der Waals surface area (Å²) in [7, 11) is 0. The van der Waals surface area contributed by atoms with E-state index in [2.05, 4.69) is 172 Å². The molecular formula is C81H134O5. The van der Waals surface area contributed by atoms with E-state index >= 15 is 0 Å². The van der Waals surface area contributed by atoms with Gasteiger partial charge in [-0.3, -0.25) is 9.59 Å². The number of esters is 2. The number of allylic oxidation sites excluding steroid dienone is 26. The Balaban J connectivity index is 3.49. The number of carbonyl (C=O) groups excluding carboxylic acids is 2. The SMILES string of the molecule is CC/C=C\C/C=C\C/C=C\C/C=C\C/C=C\C/C=C\C/C=C\C/C=C\CCCCCCCCC(=O)OC(CO)COC(=O)CCCCCCCCCCCCCCCCCCCCCCCCCCC/C=C\C/C=C\C/C=C\C/C=C\C/C=C\CC. The van der Waals surface area contributed by atoms with Crippen LogP contribution < -0.4 is 0 Å². The Kier molecular flexibility index (Phi) is 70.9. The molecule has 0 heterocycles. The van der Waals surface area contributed by atoms with E-state index in [9.17, 15) is 14.7 Å². The van der Waals surface area contributed by atoms with Crippen LogP contribution in [0.1, 0.15) is 322 Å². The Hall–Kier alpha value is -4.48. The molecule has 0 saturated carbocycles. The average molecular weight is 1190 g/mol. The Bertz CT molecular complexity index is 1830. The molecule has 0 aliphatic rings. The first kappa shape index (κ1) is 81.5. The summed E-state index contributed by atoms with van der Waals surface area (Å²) in [5.74, 6) is -0.604. The Morgan fingerprint density at radius 1 is 0.267 bits per heavy atom. The van der Waals surface area contributed by atoms with Gasteiger partial charge in [-0.2, -0.15) is 0 Å². The van der Waals surface area contributed by atoms with Crippen LogP contribution in [0, 0.1) is 0 Å². The standard InChI is InChI=1S/C81H134O5/c1-3-5-7-9-11-13-15-17-19-21-23-25-27-29-31-33-35-36-37-38-39-40-41-42-43-44-46-47-49-51-53-55-57-59-61-63-65-67-69-71-73-75-80(83)85-78-79(77-82)86-81(84)76-74-72-70-68-66-64-62-60-58-56-54-52-50-48-45-34-32-30-28-26-24-22-20-18-16-14-12-10-8-6-4-2/h5-8,11-14,17-20,23-26,29-32,45,48,52,54,58,60,79,82H,3-4,9-10,15-16,21-22,27-28,33-44,46-47,49-51,53,55-57,59,61-78H2,1-2H3/b7-5-,8-6-,13-11-,14-12-,19-17-,20-18-,25-23-,26-24-,31-29-,32-30-,48-45-,54-52-,60-58-. The topological polar surface area (TPSA) is 72.8 Å². The minimum atomic E-state index is -0.791. The van der Waals surface area contributed by atoms with Gasteiger partial charge in [-0.1, -0.05) is 345 Å². The molecule has 1 unspecified atom stereocenters. The summed E-state index contributed by atoms with van der Waals surface area (Å²) >= 11 is 0. The molecule has 0 fully saturated rings. The van der Waals surface area contributed by atoms with E-state index in [0.29, 0.717) is 12.8 Å². The van der Waals surface area contributed by atoms with E-state index in [1.54, 1.807) is 0 Å². The molecule has 0 spiro atoms. The van der Waals surface area contributed by atoms with Crippen molar-refractivity contribution in [1.29, 1.82) is 0 Å². The molecule has 86 heavy (non-hydrogen) atoms. The molecule has 5 heteroatoms. The van der Waals surface area contributed by atoms with Gasteiger partial charge in [0.05, 0.1) is 6.61 Å². The first-order valence-corrected chi connectivity index (χ1v) is 36.0. The van der Waals surface area contributed by atoms with Gasteiger partial charge in [0.1, 0.15) is 6.61 Å². The van der Waals surface area contributed by atoms with Crippen LogP contribution in [0.25, 0.3) is 0 Å². The van der Waals surface area contributed by atoms with Gasteiger partial charge in [0.15, 0.2) is 6.10 Å². The molecule has 5 nitrogen and oxygen atoms in total. The van der Waals surface area contributed by atoms with Crippen LogP contribution in [0.5, 0.6) is 0 Å². The summed E-state index contributed by atoms with van der Waals surface area (Å²) in [5, 5.41) is 9.71. The molecule has 0 radical (unpaired) electrons. The minimum absolute atomic E-state index is 0.0772. The number of hydrogen-bond acceptors (Lipinski definition) is 5. The maximum Gasteiger partial charge on any atom is 0.306 e. The average Bonchev–Trinajstić information content (AvgIpc) is 3.55. The normalized spacial score (nSPS) is 13.2. The van der Waals surface area contributed by atoms with Gasteiger partial charge in [0, 0.05) is 12.8 Å². The zero-order valence-corrected chi connectivity index (χ0v) is 56.0. The van der Waals surface area contributed by atoms with Crippen LogP contribution in [0.4, 0.5) is 0 Å². The second kappa shape index (κ2) is 74.8. The molecule has 0 aromatic carbocycles. The van der Waals surface area contributed by atoms with Gasteiger partial charge in [-0.05, 0) is 122 Å². The summed E-state index contributed by atoms with van der Waals surface area (Å²) in [4.78, 5) is 24.7. The van der Waals surface area contributed by atoms with Crippen LogP contribution in [-0.2, 0) is 19.1 Å². The number of aliphatic hydroxyl groups is 1. The summed E-state index contributed by atoms with van der Waals surface area (Å²) in [6.07, 6.45) is 114. The van der Waals surface area contributed by atoms with Crippen LogP contribution in [0.15, 0.2) is 158 Å². The van der Waals surface area contributed by atoms with E-state index in [0.717, 1.165) is 128 Å². The monoisotopic (exact) mass is 1190 g/mol. The zero-order chi connectivity index (χ0) is 61.9. The van der Waals surface area contributed by atoms with Gasteiger partial charge in [0.25, 0.3) is 0 Å². The molecule has 0 rings (SSSR count). The van der Waals surface area contributed by atoms with E-state index in [-0.39, 0.29) is 25.2 Å². The van der Waals surface area contributed by atoms with Crippen molar-refractivity contribution >= 4 is 11.9 Å². The van der Waals surface area contributed by atoms with Gasteiger partial charge in [0.2, 0.25) is 0 Å². The van der Waals surface area contributed by atoms with E-state index in [1.807, 2.05) is 0 Å². The van der Waals surface area contributed by atoms with Crippen LogP contribution >= 0.6 is 0 Å². The summed E-state index contributed by atoms with van der Waals surface area (Å²) < 4.78 is 10.7. The predicted molar refractivity (Wildman–Crippen MR) is 380 cm³/mol. The Labute approximate surface area is 532 Å². The Morgan fingerprint density at radius 2 is 0.465 bits per heavy atom. The number of rotatable bonds is 65. The van der Waals surface area contributed by atoms with Crippen LogP contribution in [0.3, 0.4) is 0 Å². The van der Waals surface area contributed by atoms with Gasteiger partial charge in [-0.15, -0.1) is 0 Å². The fraction of sp³-hybridized carbons (Fsp3) is 0.654. The second-order valence-electron chi connectivity index (χ2n) is 23.6. The lowest BCUT2D eigenvalue weighted by molar-refractivity contribution is -0.161. The highest BCUT2D eigenvalue weighted by Gasteiger charge is 2.16. The molecule has 0 saturated heterocycles. The molecule has 488 valence electrons. The van der Waals surface area contributed by atoms with Crippen molar-refractivity contribution in [2.45, 2.75) is 328 Å². The largest absolute Gasteiger partial charge is 0.462 e. The van der Waals surface area contributed by atoms with Crippen molar-refractivity contribution in [2.24, 2.45) is 0 Å². The number of aliphatic hydroxyl groups excluding tert-OH is 1. The van der Waals surface area contributed by atoms with E-state index < -0.39 is 6.10 Å².